The topological polar surface area (TPSA) is 64.1 Å². The van der Waals surface area contributed by atoms with Gasteiger partial charge >= 0.3 is 6.18 Å². The number of hydrogen-bond donors (Lipinski definition) is 1. The fourth-order valence-corrected chi connectivity index (χ4v) is 6.07. The fourth-order valence-electron chi connectivity index (χ4n) is 5.82. The predicted molar refractivity (Wildman–Crippen MR) is 149 cm³/mol. The van der Waals surface area contributed by atoms with Crippen LogP contribution in [0.1, 0.15) is 55.5 Å². The summed E-state index contributed by atoms with van der Waals surface area (Å²) in [5.74, 6) is -0.720. The lowest BCUT2D eigenvalue weighted by Crippen LogP contribution is -2.57. The molecule has 2 amide bonds. The van der Waals surface area contributed by atoms with Crippen LogP contribution in [0.2, 0.25) is 5.02 Å². The Morgan fingerprint density at radius 2 is 1.50 bits per heavy atom. The molecule has 2 aromatic carbocycles. The second-order valence-corrected chi connectivity index (χ2v) is 11.6. The van der Waals surface area contributed by atoms with Gasteiger partial charge in [-0.05, 0) is 69.6 Å². The molecule has 6 nitrogen and oxygen atoms in total. The molecule has 2 aliphatic heterocycles. The first kappa shape index (κ1) is 30.2. The van der Waals surface area contributed by atoms with Gasteiger partial charge in [-0.2, -0.15) is 13.2 Å². The van der Waals surface area contributed by atoms with Gasteiger partial charge in [-0.15, -0.1) is 0 Å². The highest BCUT2D eigenvalue weighted by Crippen LogP contribution is 2.42. The van der Waals surface area contributed by atoms with Crippen molar-refractivity contribution in [1.29, 1.82) is 0 Å². The van der Waals surface area contributed by atoms with E-state index in [4.69, 9.17) is 11.6 Å². The van der Waals surface area contributed by atoms with Gasteiger partial charge in [-0.3, -0.25) is 9.59 Å². The highest BCUT2D eigenvalue weighted by molar-refractivity contribution is 6.34. The summed E-state index contributed by atoms with van der Waals surface area (Å²) < 4.78 is 41.9. The maximum atomic E-state index is 14.0. The number of piperidine rings is 2. The summed E-state index contributed by atoms with van der Waals surface area (Å²) in [6.07, 6.45) is -2.09. The molecule has 1 atom stereocenters. The Morgan fingerprint density at radius 1 is 0.950 bits per heavy atom. The zero-order valence-corrected chi connectivity index (χ0v) is 23.9. The number of aliphatic hydroxyl groups is 1. The standard InChI is InChI=1S/C30H37ClF3N3O3/c1-20(2)35(3)27(38)25-10-9-24(19-26(25)31)36-15-11-21(12-16-36)22-13-17-37(18-14-22)28(39)29(40,30(32,33)34)23-7-5-4-6-8-23/h4-10,19-22,40H,11-18H2,1-3H3. The van der Waals surface area contributed by atoms with Crippen LogP contribution in [-0.4, -0.2) is 72.2 Å². The summed E-state index contributed by atoms with van der Waals surface area (Å²) in [5, 5.41) is 11.1. The zero-order chi connectivity index (χ0) is 29.2. The Morgan fingerprint density at radius 3 is 2.00 bits per heavy atom. The summed E-state index contributed by atoms with van der Waals surface area (Å²) in [5.41, 5.74) is -2.59. The van der Waals surface area contributed by atoms with Gasteiger partial charge in [0.15, 0.2) is 0 Å². The number of carbonyl (C=O) groups excluding carboxylic acids is 2. The molecule has 2 heterocycles. The molecule has 0 aliphatic carbocycles. The van der Waals surface area contributed by atoms with Crippen molar-refractivity contribution in [3.05, 3.63) is 64.7 Å². The van der Waals surface area contributed by atoms with Gasteiger partial charge in [0.05, 0.1) is 10.6 Å². The van der Waals surface area contributed by atoms with Gasteiger partial charge < -0.3 is 19.8 Å². The monoisotopic (exact) mass is 579 g/mol. The number of nitrogens with zero attached hydrogens (tertiary/aromatic N) is 3. The van der Waals surface area contributed by atoms with Crippen LogP contribution in [0, 0.1) is 11.8 Å². The van der Waals surface area contributed by atoms with Crippen LogP contribution in [0.15, 0.2) is 48.5 Å². The van der Waals surface area contributed by atoms with Crippen molar-refractivity contribution in [3.63, 3.8) is 0 Å². The van der Waals surface area contributed by atoms with Crippen molar-refractivity contribution in [2.45, 2.75) is 57.3 Å². The molecule has 1 unspecified atom stereocenters. The summed E-state index contributed by atoms with van der Waals surface area (Å²) in [7, 11) is 1.75. The van der Waals surface area contributed by atoms with Gasteiger partial charge in [0.25, 0.3) is 17.4 Å². The van der Waals surface area contributed by atoms with E-state index >= 15 is 0 Å². The Bertz CT molecular complexity index is 1190. The molecule has 0 saturated carbocycles. The number of hydrogen-bond acceptors (Lipinski definition) is 4. The van der Waals surface area contributed by atoms with Crippen LogP contribution in [0.25, 0.3) is 0 Å². The van der Waals surface area contributed by atoms with Crippen LogP contribution in [0.3, 0.4) is 0 Å². The molecular formula is C30H37ClF3N3O3. The van der Waals surface area contributed by atoms with Crippen LogP contribution in [0.5, 0.6) is 0 Å². The van der Waals surface area contributed by atoms with Crippen LogP contribution in [-0.2, 0) is 10.4 Å². The first-order valence-corrected chi connectivity index (χ1v) is 14.2. The van der Waals surface area contributed by atoms with E-state index in [2.05, 4.69) is 4.90 Å². The summed E-state index contributed by atoms with van der Waals surface area (Å²) in [6.45, 7) is 5.87. The molecule has 218 valence electrons. The van der Waals surface area contributed by atoms with Gasteiger partial charge in [0, 0.05) is 50.5 Å². The molecule has 4 rings (SSSR count). The zero-order valence-electron chi connectivity index (χ0n) is 23.1. The van der Waals surface area contributed by atoms with Crippen LogP contribution >= 0.6 is 11.6 Å². The quantitative estimate of drug-likeness (QED) is 0.475. The minimum atomic E-state index is -5.13. The van der Waals surface area contributed by atoms with Gasteiger partial charge in [0.2, 0.25) is 0 Å². The van der Waals surface area contributed by atoms with E-state index in [-0.39, 0.29) is 25.0 Å². The third kappa shape index (κ3) is 5.96. The lowest BCUT2D eigenvalue weighted by atomic mass is 9.78. The van der Waals surface area contributed by atoms with E-state index in [1.165, 1.54) is 12.1 Å². The maximum Gasteiger partial charge on any atom is 0.430 e. The molecule has 10 heteroatoms. The van der Waals surface area contributed by atoms with E-state index in [0.717, 1.165) is 48.7 Å². The lowest BCUT2D eigenvalue weighted by Gasteiger charge is -2.42. The van der Waals surface area contributed by atoms with Crippen molar-refractivity contribution < 1.29 is 27.9 Å². The number of likely N-dealkylation sites (tertiary alicyclic amines) is 1. The molecule has 0 radical (unpaired) electrons. The highest BCUT2D eigenvalue weighted by Gasteiger charge is 2.62. The number of alkyl halides is 3. The molecule has 2 aromatic rings. The first-order valence-electron chi connectivity index (χ1n) is 13.8. The number of rotatable bonds is 6. The van der Waals surface area contributed by atoms with Crippen LogP contribution < -0.4 is 4.90 Å². The number of carbonyl (C=O) groups is 2. The molecular weight excluding hydrogens is 543 g/mol. The fraction of sp³-hybridized carbons (Fsp3) is 0.533. The summed E-state index contributed by atoms with van der Waals surface area (Å²) >= 11 is 6.49. The lowest BCUT2D eigenvalue weighted by molar-refractivity contribution is -0.262. The Labute approximate surface area is 238 Å². The van der Waals surface area contributed by atoms with Gasteiger partial charge in [0.1, 0.15) is 0 Å². The number of halogens is 4. The minimum absolute atomic E-state index is 0.0620. The maximum absolute atomic E-state index is 14.0. The smallest absolute Gasteiger partial charge is 0.371 e. The van der Waals surface area contributed by atoms with Gasteiger partial charge in [-0.1, -0.05) is 41.9 Å². The van der Waals surface area contributed by atoms with Crippen molar-refractivity contribution in [2.24, 2.45) is 11.8 Å². The average molecular weight is 580 g/mol. The minimum Gasteiger partial charge on any atom is -0.371 e. The Hall–Kier alpha value is -2.78. The summed E-state index contributed by atoms with van der Waals surface area (Å²) in [6, 6.07) is 12.2. The molecule has 2 saturated heterocycles. The van der Waals surface area contributed by atoms with Crippen LogP contribution in [0.4, 0.5) is 18.9 Å². The number of amides is 2. The molecule has 0 spiro atoms. The third-order valence-electron chi connectivity index (χ3n) is 8.59. The molecule has 0 aromatic heterocycles. The third-order valence-corrected chi connectivity index (χ3v) is 8.90. The predicted octanol–water partition coefficient (Wildman–Crippen LogP) is 5.73. The number of benzene rings is 2. The molecule has 2 fully saturated rings. The van der Waals surface area contributed by atoms with Crippen molar-refractivity contribution >= 4 is 29.1 Å². The molecule has 2 aliphatic rings. The van der Waals surface area contributed by atoms with Crippen molar-refractivity contribution in [3.8, 4) is 0 Å². The normalized spacial score (nSPS) is 19.0. The summed E-state index contributed by atoms with van der Waals surface area (Å²) in [4.78, 5) is 30.8. The van der Waals surface area contributed by atoms with E-state index in [1.54, 1.807) is 24.1 Å². The van der Waals surface area contributed by atoms with Crippen molar-refractivity contribution in [2.75, 3.05) is 38.1 Å². The second kappa shape index (κ2) is 12.0. The largest absolute Gasteiger partial charge is 0.430 e. The van der Waals surface area contributed by atoms with E-state index in [9.17, 15) is 27.9 Å². The molecule has 40 heavy (non-hydrogen) atoms. The van der Waals surface area contributed by atoms with E-state index in [0.29, 0.717) is 35.3 Å². The molecule has 1 N–H and O–H groups in total. The van der Waals surface area contributed by atoms with Crippen molar-refractivity contribution in [1.82, 2.24) is 9.80 Å². The first-order chi connectivity index (χ1) is 18.8. The average Bonchev–Trinajstić information content (AvgIpc) is 2.95. The second-order valence-electron chi connectivity index (χ2n) is 11.2. The van der Waals surface area contributed by atoms with E-state index in [1.807, 2.05) is 26.0 Å². The Balaban J connectivity index is 1.34. The highest BCUT2D eigenvalue weighted by atomic mass is 35.5. The Kier molecular flexibility index (Phi) is 9.05. The SMILES string of the molecule is CC(C)N(C)C(=O)c1ccc(N2CCC(C3CCN(C(=O)C(O)(c4ccccc4)C(F)(F)F)CC3)CC2)cc1Cl. The number of anilines is 1. The van der Waals surface area contributed by atoms with Gasteiger partial charge in [-0.25, -0.2) is 0 Å². The van der Waals surface area contributed by atoms with E-state index < -0.39 is 23.2 Å². The molecule has 0 bridgehead atoms.